The number of rotatable bonds is 9. The van der Waals surface area contributed by atoms with Crippen LogP contribution in [0.5, 0.6) is 0 Å². The Morgan fingerprint density at radius 2 is 1.91 bits per heavy atom. The summed E-state index contributed by atoms with van der Waals surface area (Å²) in [4.78, 5) is 16.1. The first-order valence-electron chi connectivity index (χ1n) is 7.71. The topological polar surface area (TPSA) is 74.8 Å². The summed E-state index contributed by atoms with van der Waals surface area (Å²) in [5, 5.41) is 9.09. The van der Waals surface area contributed by atoms with E-state index in [1.54, 1.807) is 0 Å². The van der Waals surface area contributed by atoms with E-state index in [1.807, 2.05) is 44.2 Å². The van der Waals surface area contributed by atoms with Crippen LogP contribution >= 0.6 is 24.0 Å². The summed E-state index contributed by atoms with van der Waals surface area (Å²) in [6.45, 7) is 7.00. The molecule has 1 aromatic carbocycles. The van der Waals surface area contributed by atoms with Crippen molar-refractivity contribution in [2.45, 2.75) is 20.3 Å². The second-order valence-electron chi connectivity index (χ2n) is 4.59. The van der Waals surface area contributed by atoms with Gasteiger partial charge in [0.25, 0.3) is 0 Å². The van der Waals surface area contributed by atoms with Crippen molar-refractivity contribution in [2.24, 2.45) is 4.99 Å². The Kier molecular flexibility index (Phi) is 13.4. The maximum atomic E-state index is 11.8. The summed E-state index contributed by atoms with van der Waals surface area (Å²) in [5.74, 6) is 0.500. The van der Waals surface area contributed by atoms with Crippen LogP contribution < -0.4 is 16.0 Å². The molecule has 1 aromatic rings. The van der Waals surface area contributed by atoms with Crippen molar-refractivity contribution in [3.8, 4) is 0 Å². The van der Waals surface area contributed by atoms with Gasteiger partial charge >= 0.3 is 0 Å². The van der Waals surface area contributed by atoms with E-state index in [1.165, 1.54) is 0 Å². The molecule has 0 atom stereocenters. The number of benzene rings is 1. The molecule has 0 radical (unpaired) electrons. The normalized spacial score (nSPS) is 10.6. The molecular formula is C16H27IN4O2. The summed E-state index contributed by atoms with van der Waals surface area (Å²) in [5.41, 5.74) is 0.775. The van der Waals surface area contributed by atoms with Crippen molar-refractivity contribution in [3.63, 3.8) is 0 Å². The van der Waals surface area contributed by atoms with Crippen LogP contribution in [0.25, 0.3) is 0 Å². The number of anilines is 1. The summed E-state index contributed by atoms with van der Waals surface area (Å²) < 4.78 is 5.28. The SMILES string of the molecule is CCNC(=NCC(=O)Nc1ccccc1)NCCCOCC.I. The van der Waals surface area contributed by atoms with Gasteiger partial charge in [0, 0.05) is 32.0 Å². The van der Waals surface area contributed by atoms with E-state index in [2.05, 4.69) is 20.9 Å². The van der Waals surface area contributed by atoms with E-state index < -0.39 is 0 Å². The number of ether oxygens (including phenoxy) is 1. The van der Waals surface area contributed by atoms with E-state index in [0.29, 0.717) is 5.96 Å². The van der Waals surface area contributed by atoms with Gasteiger partial charge < -0.3 is 20.7 Å². The molecule has 0 saturated carbocycles. The zero-order valence-electron chi connectivity index (χ0n) is 13.8. The van der Waals surface area contributed by atoms with Crippen LogP contribution in [-0.4, -0.2) is 44.7 Å². The van der Waals surface area contributed by atoms with Crippen molar-refractivity contribution in [3.05, 3.63) is 30.3 Å². The zero-order chi connectivity index (χ0) is 16.0. The second kappa shape index (κ2) is 14.3. The molecule has 130 valence electrons. The molecule has 0 spiro atoms. The highest BCUT2D eigenvalue weighted by Gasteiger charge is 2.02. The van der Waals surface area contributed by atoms with Crippen LogP contribution in [0.4, 0.5) is 5.69 Å². The van der Waals surface area contributed by atoms with E-state index in [0.717, 1.165) is 38.4 Å². The van der Waals surface area contributed by atoms with Gasteiger partial charge in [0.05, 0.1) is 0 Å². The van der Waals surface area contributed by atoms with Crippen LogP contribution in [0.3, 0.4) is 0 Å². The van der Waals surface area contributed by atoms with E-state index in [-0.39, 0.29) is 36.4 Å². The number of aliphatic imine (C=N–C) groups is 1. The highest BCUT2D eigenvalue weighted by molar-refractivity contribution is 14.0. The highest BCUT2D eigenvalue weighted by Crippen LogP contribution is 2.04. The lowest BCUT2D eigenvalue weighted by molar-refractivity contribution is -0.114. The molecule has 0 fully saturated rings. The number of nitrogens with zero attached hydrogens (tertiary/aromatic N) is 1. The molecule has 3 N–H and O–H groups in total. The van der Waals surface area contributed by atoms with Crippen molar-refractivity contribution in [2.75, 3.05) is 38.2 Å². The summed E-state index contributed by atoms with van der Waals surface area (Å²) in [7, 11) is 0. The molecule has 0 aromatic heterocycles. The first-order chi connectivity index (χ1) is 10.8. The van der Waals surface area contributed by atoms with Gasteiger partial charge in [-0.3, -0.25) is 4.79 Å². The molecule has 23 heavy (non-hydrogen) atoms. The Balaban J connectivity index is 0.00000484. The molecule has 0 aliphatic rings. The smallest absolute Gasteiger partial charge is 0.246 e. The van der Waals surface area contributed by atoms with Gasteiger partial charge in [0.15, 0.2) is 5.96 Å². The summed E-state index contributed by atoms with van der Waals surface area (Å²) >= 11 is 0. The predicted molar refractivity (Wildman–Crippen MR) is 106 cm³/mol. The van der Waals surface area contributed by atoms with Gasteiger partial charge in [0.2, 0.25) is 5.91 Å². The van der Waals surface area contributed by atoms with Crippen molar-refractivity contribution < 1.29 is 9.53 Å². The predicted octanol–water partition coefficient (Wildman–Crippen LogP) is 2.22. The monoisotopic (exact) mass is 434 g/mol. The Morgan fingerprint density at radius 1 is 1.17 bits per heavy atom. The Bertz CT molecular complexity index is 455. The molecule has 1 amide bonds. The maximum absolute atomic E-state index is 11.8. The molecule has 0 heterocycles. The van der Waals surface area contributed by atoms with Crippen molar-refractivity contribution >= 4 is 41.5 Å². The number of carbonyl (C=O) groups is 1. The van der Waals surface area contributed by atoms with Gasteiger partial charge in [0.1, 0.15) is 6.54 Å². The quantitative estimate of drug-likeness (QED) is 0.241. The van der Waals surface area contributed by atoms with Gasteiger partial charge in [-0.15, -0.1) is 24.0 Å². The number of guanidine groups is 1. The minimum absolute atomic E-state index is 0. The molecule has 0 aliphatic heterocycles. The summed E-state index contributed by atoms with van der Waals surface area (Å²) in [6.07, 6.45) is 0.897. The molecular weight excluding hydrogens is 407 g/mol. The fourth-order valence-electron chi connectivity index (χ4n) is 1.74. The molecule has 0 unspecified atom stereocenters. The third-order valence-corrected chi connectivity index (χ3v) is 2.74. The van der Waals surface area contributed by atoms with Crippen molar-refractivity contribution in [1.82, 2.24) is 10.6 Å². The lowest BCUT2D eigenvalue weighted by Gasteiger charge is -2.11. The van der Waals surface area contributed by atoms with Crippen molar-refractivity contribution in [1.29, 1.82) is 0 Å². The number of amides is 1. The van der Waals surface area contributed by atoms with Gasteiger partial charge in [-0.2, -0.15) is 0 Å². The molecule has 0 aliphatic carbocycles. The lowest BCUT2D eigenvalue weighted by atomic mass is 10.3. The summed E-state index contributed by atoms with van der Waals surface area (Å²) in [6, 6.07) is 9.35. The zero-order valence-corrected chi connectivity index (χ0v) is 16.1. The van der Waals surface area contributed by atoms with Crippen LogP contribution in [-0.2, 0) is 9.53 Å². The van der Waals surface area contributed by atoms with E-state index >= 15 is 0 Å². The third kappa shape index (κ3) is 10.9. The fourth-order valence-corrected chi connectivity index (χ4v) is 1.74. The average Bonchev–Trinajstić information content (AvgIpc) is 2.53. The van der Waals surface area contributed by atoms with Crippen LogP contribution in [0, 0.1) is 0 Å². The average molecular weight is 434 g/mol. The number of halogens is 1. The van der Waals surface area contributed by atoms with E-state index in [4.69, 9.17) is 4.74 Å². The Hall–Kier alpha value is -1.35. The molecule has 7 heteroatoms. The molecule has 0 saturated heterocycles. The number of para-hydroxylation sites is 1. The Morgan fingerprint density at radius 3 is 2.57 bits per heavy atom. The van der Waals surface area contributed by atoms with Crippen LogP contribution in [0.2, 0.25) is 0 Å². The van der Waals surface area contributed by atoms with Gasteiger partial charge in [-0.1, -0.05) is 18.2 Å². The van der Waals surface area contributed by atoms with Crippen LogP contribution in [0.1, 0.15) is 20.3 Å². The fraction of sp³-hybridized carbons (Fsp3) is 0.500. The maximum Gasteiger partial charge on any atom is 0.246 e. The second-order valence-corrected chi connectivity index (χ2v) is 4.59. The molecule has 6 nitrogen and oxygen atoms in total. The largest absolute Gasteiger partial charge is 0.382 e. The molecule has 0 bridgehead atoms. The van der Waals surface area contributed by atoms with Gasteiger partial charge in [-0.25, -0.2) is 4.99 Å². The Labute approximate surface area is 155 Å². The first kappa shape index (κ1) is 21.6. The highest BCUT2D eigenvalue weighted by atomic mass is 127. The number of carbonyl (C=O) groups excluding carboxylic acids is 1. The van der Waals surface area contributed by atoms with Gasteiger partial charge in [-0.05, 0) is 32.4 Å². The van der Waals surface area contributed by atoms with Crippen LogP contribution in [0.15, 0.2) is 35.3 Å². The standard InChI is InChI=1S/C16H26N4O2.HI/c1-3-17-16(18-11-8-12-22-4-2)19-13-15(21)20-14-9-6-5-7-10-14;/h5-7,9-10H,3-4,8,11-13H2,1-2H3,(H,20,21)(H2,17,18,19);1H. The minimum atomic E-state index is -0.141. The first-order valence-corrected chi connectivity index (χ1v) is 7.71. The minimum Gasteiger partial charge on any atom is -0.382 e. The number of hydrogen-bond acceptors (Lipinski definition) is 3. The third-order valence-electron chi connectivity index (χ3n) is 2.74. The lowest BCUT2D eigenvalue weighted by Crippen LogP contribution is -2.38. The van der Waals surface area contributed by atoms with E-state index in [9.17, 15) is 4.79 Å². The number of nitrogens with one attached hydrogen (secondary N) is 3. The molecule has 1 rings (SSSR count). The number of hydrogen-bond donors (Lipinski definition) is 3.